The number of carbonyl (C=O) groups excluding carboxylic acids is 1. The molecular formula is C17H16FN5O2. The van der Waals surface area contributed by atoms with Crippen molar-refractivity contribution in [1.82, 2.24) is 25.1 Å². The van der Waals surface area contributed by atoms with Gasteiger partial charge in [0.2, 0.25) is 0 Å². The van der Waals surface area contributed by atoms with Crippen LogP contribution in [0.5, 0.6) is 5.75 Å². The predicted molar refractivity (Wildman–Crippen MR) is 88.0 cm³/mol. The molecule has 0 aliphatic heterocycles. The quantitative estimate of drug-likeness (QED) is 0.738. The predicted octanol–water partition coefficient (Wildman–Crippen LogP) is 1.71. The maximum absolute atomic E-state index is 13.4. The van der Waals surface area contributed by atoms with Gasteiger partial charge in [0, 0.05) is 19.4 Å². The second-order valence-electron chi connectivity index (χ2n) is 5.23. The van der Waals surface area contributed by atoms with Crippen molar-refractivity contribution < 1.29 is 13.9 Å². The zero-order chi connectivity index (χ0) is 17.6. The first kappa shape index (κ1) is 16.6. The van der Waals surface area contributed by atoms with Crippen LogP contribution in [0.1, 0.15) is 5.69 Å². The second kappa shape index (κ2) is 7.52. The van der Waals surface area contributed by atoms with Crippen molar-refractivity contribution in [1.29, 1.82) is 0 Å². The Hall–Kier alpha value is -3.29. The maximum atomic E-state index is 13.4. The summed E-state index contributed by atoms with van der Waals surface area (Å²) in [4.78, 5) is 20.1. The van der Waals surface area contributed by atoms with E-state index in [1.807, 2.05) is 6.07 Å². The molecule has 2 heterocycles. The van der Waals surface area contributed by atoms with Crippen LogP contribution in [0.3, 0.4) is 0 Å². The number of amides is 1. The van der Waals surface area contributed by atoms with Crippen molar-refractivity contribution in [3.05, 3.63) is 60.4 Å². The molecule has 128 valence electrons. The Balaban J connectivity index is 1.56. The summed E-state index contributed by atoms with van der Waals surface area (Å²) in [5.41, 5.74) is 2.11. The highest BCUT2D eigenvalue weighted by atomic mass is 19.1. The number of aryl methyl sites for hydroxylation is 1. The van der Waals surface area contributed by atoms with Crippen LogP contribution in [0.15, 0.2) is 48.9 Å². The van der Waals surface area contributed by atoms with E-state index in [9.17, 15) is 9.18 Å². The van der Waals surface area contributed by atoms with Gasteiger partial charge in [-0.3, -0.25) is 19.4 Å². The molecule has 0 radical (unpaired) electrons. The number of halogens is 1. The SMILES string of the molecule is Cn1nc(-c2cnccn2)cc1CNC(=O)COc1ccccc1F. The van der Waals surface area contributed by atoms with E-state index in [-0.39, 0.29) is 24.8 Å². The first-order valence-electron chi connectivity index (χ1n) is 7.57. The normalized spacial score (nSPS) is 10.5. The van der Waals surface area contributed by atoms with E-state index in [1.54, 1.807) is 42.5 Å². The molecule has 1 amide bonds. The number of benzene rings is 1. The fraction of sp³-hybridized carbons (Fsp3) is 0.176. The van der Waals surface area contributed by atoms with Crippen molar-refractivity contribution in [3.8, 4) is 17.1 Å². The summed E-state index contributed by atoms with van der Waals surface area (Å²) in [5, 5.41) is 7.06. The van der Waals surface area contributed by atoms with Crippen molar-refractivity contribution in [3.63, 3.8) is 0 Å². The Bertz CT molecular complexity index is 866. The van der Waals surface area contributed by atoms with Gasteiger partial charge in [-0.05, 0) is 18.2 Å². The standard InChI is InChI=1S/C17H16FN5O2/c1-23-12(8-14(22-23)15-10-19-6-7-20-15)9-21-17(24)11-25-16-5-3-2-4-13(16)18/h2-8,10H,9,11H2,1H3,(H,21,24). The van der Waals surface area contributed by atoms with Crippen molar-refractivity contribution in [2.75, 3.05) is 6.61 Å². The van der Waals surface area contributed by atoms with Crippen LogP contribution in [-0.4, -0.2) is 32.3 Å². The molecule has 3 rings (SSSR count). The van der Waals surface area contributed by atoms with E-state index in [0.717, 1.165) is 5.69 Å². The monoisotopic (exact) mass is 341 g/mol. The molecule has 7 nitrogen and oxygen atoms in total. The van der Waals surface area contributed by atoms with E-state index in [2.05, 4.69) is 20.4 Å². The summed E-state index contributed by atoms with van der Waals surface area (Å²) < 4.78 is 20.2. The first-order chi connectivity index (χ1) is 12.1. The minimum absolute atomic E-state index is 0.0446. The van der Waals surface area contributed by atoms with Crippen LogP contribution in [0.25, 0.3) is 11.4 Å². The summed E-state index contributed by atoms with van der Waals surface area (Å²) in [6, 6.07) is 7.76. The van der Waals surface area contributed by atoms with Crippen molar-refractivity contribution in [2.45, 2.75) is 6.54 Å². The summed E-state index contributed by atoms with van der Waals surface area (Å²) >= 11 is 0. The Kier molecular flexibility index (Phi) is 4.98. The lowest BCUT2D eigenvalue weighted by Crippen LogP contribution is -2.29. The molecule has 3 aromatic rings. The van der Waals surface area contributed by atoms with Crippen molar-refractivity contribution in [2.24, 2.45) is 7.05 Å². The van der Waals surface area contributed by atoms with E-state index < -0.39 is 5.82 Å². The smallest absolute Gasteiger partial charge is 0.258 e. The number of para-hydroxylation sites is 1. The molecule has 2 aromatic heterocycles. The van der Waals surface area contributed by atoms with Crippen LogP contribution >= 0.6 is 0 Å². The Labute approximate surface area is 143 Å². The topological polar surface area (TPSA) is 81.9 Å². The van der Waals surface area contributed by atoms with Gasteiger partial charge >= 0.3 is 0 Å². The number of hydrogen-bond donors (Lipinski definition) is 1. The van der Waals surface area contributed by atoms with Gasteiger partial charge in [-0.25, -0.2) is 4.39 Å². The molecule has 1 aromatic carbocycles. The number of aromatic nitrogens is 4. The van der Waals surface area contributed by atoms with Gasteiger partial charge in [0.15, 0.2) is 18.2 Å². The highest BCUT2D eigenvalue weighted by Crippen LogP contribution is 2.16. The highest BCUT2D eigenvalue weighted by Gasteiger charge is 2.10. The summed E-state index contributed by atoms with van der Waals surface area (Å²) in [7, 11) is 1.78. The van der Waals surface area contributed by atoms with Crippen LogP contribution in [0, 0.1) is 5.82 Å². The lowest BCUT2D eigenvalue weighted by Gasteiger charge is -2.08. The Morgan fingerprint density at radius 1 is 1.28 bits per heavy atom. The van der Waals surface area contributed by atoms with Crippen LogP contribution in [-0.2, 0) is 18.4 Å². The molecule has 0 saturated heterocycles. The molecule has 0 aliphatic rings. The fourth-order valence-electron chi connectivity index (χ4n) is 2.17. The van der Waals surface area contributed by atoms with Crippen LogP contribution in [0.2, 0.25) is 0 Å². The number of ether oxygens (including phenoxy) is 1. The van der Waals surface area contributed by atoms with Gasteiger partial charge in [0.1, 0.15) is 11.4 Å². The minimum atomic E-state index is -0.504. The largest absolute Gasteiger partial charge is 0.481 e. The zero-order valence-electron chi connectivity index (χ0n) is 13.5. The molecule has 0 saturated carbocycles. The molecule has 1 N–H and O–H groups in total. The summed E-state index contributed by atoms with van der Waals surface area (Å²) in [5.74, 6) is -0.816. The number of nitrogens with one attached hydrogen (secondary N) is 1. The number of nitrogens with zero attached hydrogens (tertiary/aromatic N) is 4. The third-order valence-electron chi connectivity index (χ3n) is 3.46. The molecule has 25 heavy (non-hydrogen) atoms. The van der Waals surface area contributed by atoms with E-state index >= 15 is 0 Å². The number of rotatable bonds is 6. The summed E-state index contributed by atoms with van der Waals surface area (Å²) in [6.07, 6.45) is 4.79. The first-order valence-corrected chi connectivity index (χ1v) is 7.57. The molecule has 0 spiro atoms. The molecular weight excluding hydrogens is 325 g/mol. The van der Waals surface area contributed by atoms with Crippen LogP contribution in [0.4, 0.5) is 4.39 Å². The maximum Gasteiger partial charge on any atom is 0.258 e. The third kappa shape index (κ3) is 4.17. The lowest BCUT2D eigenvalue weighted by molar-refractivity contribution is -0.123. The lowest BCUT2D eigenvalue weighted by atomic mass is 10.3. The Morgan fingerprint density at radius 2 is 2.12 bits per heavy atom. The fourth-order valence-corrected chi connectivity index (χ4v) is 2.17. The highest BCUT2D eigenvalue weighted by molar-refractivity contribution is 5.77. The van der Waals surface area contributed by atoms with Crippen molar-refractivity contribution >= 4 is 5.91 Å². The number of carbonyl (C=O) groups is 1. The van der Waals surface area contributed by atoms with E-state index in [4.69, 9.17) is 4.74 Å². The van der Waals surface area contributed by atoms with Gasteiger partial charge < -0.3 is 10.1 Å². The summed E-state index contributed by atoms with van der Waals surface area (Å²) in [6.45, 7) is -0.000962. The van der Waals surface area contributed by atoms with E-state index in [0.29, 0.717) is 11.4 Å². The Morgan fingerprint density at radius 3 is 2.88 bits per heavy atom. The van der Waals surface area contributed by atoms with Crippen LogP contribution < -0.4 is 10.1 Å². The third-order valence-corrected chi connectivity index (χ3v) is 3.46. The molecule has 8 heteroatoms. The molecule has 0 bridgehead atoms. The second-order valence-corrected chi connectivity index (χ2v) is 5.23. The molecule has 0 atom stereocenters. The zero-order valence-corrected chi connectivity index (χ0v) is 13.5. The average Bonchev–Trinajstić information content (AvgIpc) is 3.01. The van der Waals surface area contributed by atoms with Gasteiger partial charge in [-0.15, -0.1) is 0 Å². The van der Waals surface area contributed by atoms with E-state index in [1.165, 1.54) is 12.1 Å². The molecule has 0 unspecified atom stereocenters. The van der Waals surface area contributed by atoms with Gasteiger partial charge in [0.05, 0.1) is 18.4 Å². The van der Waals surface area contributed by atoms with Gasteiger partial charge in [-0.1, -0.05) is 12.1 Å². The number of hydrogen-bond acceptors (Lipinski definition) is 5. The minimum Gasteiger partial charge on any atom is -0.481 e. The molecule has 0 fully saturated rings. The van der Waals surface area contributed by atoms with Gasteiger partial charge in [-0.2, -0.15) is 5.10 Å². The molecule has 0 aliphatic carbocycles. The van der Waals surface area contributed by atoms with Gasteiger partial charge in [0.25, 0.3) is 5.91 Å². The average molecular weight is 341 g/mol.